The maximum absolute atomic E-state index is 12.5. The molecule has 2 aromatic rings. The Hall–Kier alpha value is -1.73. The lowest BCUT2D eigenvalue weighted by molar-refractivity contribution is -0.0442. The van der Waals surface area contributed by atoms with Crippen molar-refractivity contribution in [3.05, 3.63) is 48.5 Å². The van der Waals surface area contributed by atoms with E-state index in [1.54, 1.807) is 0 Å². The van der Waals surface area contributed by atoms with Crippen molar-refractivity contribution in [2.24, 2.45) is 0 Å². The molecule has 13 heteroatoms. The smallest absolute Gasteiger partial charge is 0.214 e. The Kier molecular flexibility index (Phi) is 5.61. The maximum atomic E-state index is 12.5. The molecule has 148 valence electrons. The van der Waals surface area contributed by atoms with E-state index in [9.17, 15) is 43.2 Å². The Balaban J connectivity index is 2.22. The van der Waals surface area contributed by atoms with Gasteiger partial charge < -0.3 is 0 Å². The average molecular weight is 450 g/mol. The highest BCUT2D eigenvalue weighted by molar-refractivity contribution is 7.99. The predicted octanol–water partition coefficient (Wildman–Crippen LogP) is 4.42. The Labute approximate surface area is 154 Å². The summed E-state index contributed by atoms with van der Waals surface area (Å²) in [7, 11) is -11.0. The van der Waals surface area contributed by atoms with Crippen LogP contribution in [0.2, 0.25) is 0 Å². The summed E-state index contributed by atoms with van der Waals surface area (Å²) >= 11 is 0.889. The van der Waals surface area contributed by atoms with E-state index in [1.165, 1.54) is 0 Å². The van der Waals surface area contributed by atoms with E-state index >= 15 is 0 Å². The molecule has 2 aromatic carbocycles. The fourth-order valence-corrected chi connectivity index (χ4v) is 4.12. The lowest BCUT2D eigenvalue weighted by atomic mass is 10.4. The van der Waals surface area contributed by atoms with Crippen molar-refractivity contribution in [1.82, 2.24) is 0 Å². The Morgan fingerprint density at radius 3 is 1.04 bits per heavy atom. The molecule has 0 fully saturated rings. The lowest BCUT2D eigenvalue weighted by Gasteiger charge is -2.10. The third-order valence-corrected chi connectivity index (χ3v) is 7.13. The second-order valence-electron chi connectivity index (χ2n) is 4.94. The Morgan fingerprint density at radius 1 is 0.556 bits per heavy atom. The molecule has 0 aromatic heterocycles. The van der Waals surface area contributed by atoms with Crippen molar-refractivity contribution >= 4 is 31.4 Å². The van der Waals surface area contributed by atoms with Crippen LogP contribution in [-0.2, 0) is 19.7 Å². The van der Waals surface area contributed by atoms with E-state index in [2.05, 4.69) is 0 Å². The Morgan fingerprint density at radius 2 is 0.815 bits per heavy atom. The van der Waals surface area contributed by atoms with Crippen LogP contribution in [0.5, 0.6) is 0 Å². The fraction of sp³-hybridized carbons (Fsp3) is 0.143. The fourth-order valence-electron chi connectivity index (χ4n) is 1.78. The minimum atomic E-state index is -5.48. The molecule has 0 atom stereocenters. The first-order valence-corrected chi connectivity index (χ1v) is 10.5. The first kappa shape index (κ1) is 21.6. The minimum Gasteiger partial charge on any atom is -0.214 e. The molecule has 0 N–H and O–H groups in total. The number of benzene rings is 2. The van der Waals surface area contributed by atoms with Gasteiger partial charge in [-0.2, -0.15) is 26.3 Å². The zero-order chi connectivity index (χ0) is 20.7. The van der Waals surface area contributed by atoms with Crippen LogP contribution >= 0.6 is 11.8 Å². The van der Waals surface area contributed by atoms with Crippen LogP contribution in [0.15, 0.2) is 68.1 Å². The number of rotatable bonds is 4. The molecule has 4 nitrogen and oxygen atoms in total. The molecule has 0 bridgehead atoms. The summed E-state index contributed by atoms with van der Waals surface area (Å²) in [5, 5.41) is 0. The van der Waals surface area contributed by atoms with Crippen molar-refractivity contribution in [2.45, 2.75) is 30.6 Å². The van der Waals surface area contributed by atoms with Crippen LogP contribution in [0.3, 0.4) is 0 Å². The lowest BCUT2D eigenvalue weighted by Crippen LogP contribution is -2.23. The molecule has 0 aliphatic rings. The van der Waals surface area contributed by atoms with Gasteiger partial charge in [0, 0.05) is 9.79 Å². The van der Waals surface area contributed by atoms with Gasteiger partial charge >= 0.3 is 11.0 Å². The summed E-state index contributed by atoms with van der Waals surface area (Å²) in [6.07, 6.45) is 0. The van der Waals surface area contributed by atoms with E-state index in [4.69, 9.17) is 0 Å². The highest BCUT2D eigenvalue weighted by atomic mass is 32.2. The van der Waals surface area contributed by atoms with Gasteiger partial charge in [0.25, 0.3) is 19.7 Å². The van der Waals surface area contributed by atoms with Gasteiger partial charge in [-0.25, -0.2) is 16.8 Å². The van der Waals surface area contributed by atoms with Crippen molar-refractivity contribution in [1.29, 1.82) is 0 Å². The van der Waals surface area contributed by atoms with Gasteiger partial charge in [-0.1, -0.05) is 11.8 Å². The molecule has 0 aliphatic heterocycles. The molecule has 0 saturated heterocycles. The van der Waals surface area contributed by atoms with Crippen LogP contribution in [0.4, 0.5) is 26.3 Å². The van der Waals surface area contributed by atoms with E-state index in [0.717, 1.165) is 60.3 Å². The van der Waals surface area contributed by atoms with Crippen molar-refractivity contribution in [3.8, 4) is 0 Å². The molecule has 0 spiro atoms. The van der Waals surface area contributed by atoms with E-state index in [1.807, 2.05) is 0 Å². The van der Waals surface area contributed by atoms with Gasteiger partial charge in [0.05, 0.1) is 9.79 Å². The molecule has 0 heterocycles. The van der Waals surface area contributed by atoms with Gasteiger partial charge in [-0.15, -0.1) is 0 Å². The highest BCUT2D eigenvalue weighted by Crippen LogP contribution is 2.35. The second-order valence-corrected chi connectivity index (χ2v) is 9.97. The molecule has 0 aliphatic carbocycles. The first-order valence-electron chi connectivity index (χ1n) is 6.67. The number of halogens is 6. The number of hydrogen-bond acceptors (Lipinski definition) is 5. The summed E-state index contributed by atoms with van der Waals surface area (Å²) < 4.78 is 120. The van der Waals surface area contributed by atoms with Gasteiger partial charge in [-0.3, -0.25) is 0 Å². The van der Waals surface area contributed by atoms with Crippen LogP contribution in [0, 0.1) is 0 Å². The third kappa shape index (κ3) is 4.41. The Bertz CT molecular complexity index is 937. The van der Waals surface area contributed by atoms with Gasteiger partial charge in [0.2, 0.25) is 0 Å². The minimum absolute atomic E-state index is 0.294. The topological polar surface area (TPSA) is 68.3 Å². The average Bonchev–Trinajstić information content (AvgIpc) is 2.54. The van der Waals surface area contributed by atoms with Crippen LogP contribution in [0.1, 0.15) is 0 Å². The molecular weight excluding hydrogens is 442 g/mol. The van der Waals surface area contributed by atoms with E-state index in [0.29, 0.717) is 9.79 Å². The monoisotopic (exact) mass is 450 g/mol. The zero-order valence-electron chi connectivity index (χ0n) is 12.7. The summed E-state index contributed by atoms with van der Waals surface area (Å²) in [6, 6.07) is 7.32. The highest BCUT2D eigenvalue weighted by Gasteiger charge is 2.47. The number of sulfone groups is 2. The van der Waals surface area contributed by atoms with Gasteiger partial charge in [0.1, 0.15) is 0 Å². The number of alkyl halides is 6. The quantitative estimate of drug-likeness (QED) is 0.645. The summed E-state index contributed by atoms with van der Waals surface area (Å²) in [6.45, 7) is 0. The van der Waals surface area contributed by atoms with E-state index in [-0.39, 0.29) is 0 Å². The molecule has 0 saturated carbocycles. The van der Waals surface area contributed by atoms with Gasteiger partial charge in [0.15, 0.2) is 0 Å². The zero-order valence-corrected chi connectivity index (χ0v) is 15.2. The molecule has 27 heavy (non-hydrogen) atoms. The largest absolute Gasteiger partial charge is 0.501 e. The van der Waals surface area contributed by atoms with E-state index < -0.39 is 40.5 Å². The van der Waals surface area contributed by atoms with Crippen molar-refractivity contribution in [2.75, 3.05) is 0 Å². The summed E-state index contributed by atoms with van der Waals surface area (Å²) in [5.41, 5.74) is -10.9. The first-order chi connectivity index (χ1) is 12.2. The summed E-state index contributed by atoms with van der Waals surface area (Å²) in [4.78, 5) is -1.32. The van der Waals surface area contributed by atoms with Crippen LogP contribution in [0.25, 0.3) is 0 Å². The van der Waals surface area contributed by atoms with Crippen molar-refractivity contribution < 1.29 is 43.2 Å². The third-order valence-electron chi connectivity index (χ3n) is 3.11. The second kappa shape index (κ2) is 7.02. The maximum Gasteiger partial charge on any atom is 0.501 e. The van der Waals surface area contributed by atoms with Gasteiger partial charge in [-0.05, 0) is 48.5 Å². The predicted molar refractivity (Wildman–Crippen MR) is 83.5 cm³/mol. The molecule has 0 unspecified atom stereocenters. The van der Waals surface area contributed by atoms with Crippen LogP contribution in [-0.4, -0.2) is 27.9 Å². The SMILES string of the molecule is O=S(=O)(c1ccc(Sc2ccc(S(=O)(=O)C(F)(F)F)cc2)cc1)C(F)(F)F. The summed E-state index contributed by atoms with van der Waals surface area (Å²) in [5.74, 6) is 0. The van der Waals surface area contributed by atoms with Crippen LogP contribution < -0.4 is 0 Å². The van der Waals surface area contributed by atoms with Crippen molar-refractivity contribution in [3.63, 3.8) is 0 Å². The number of hydrogen-bond donors (Lipinski definition) is 0. The molecule has 0 radical (unpaired) electrons. The molecule has 2 rings (SSSR count). The normalized spacial score (nSPS) is 13.6. The molecular formula is C14H8F6O4S3. The standard InChI is InChI=1S/C14H8F6O4S3/c15-13(16,17)26(21,22)11-5-1-9(2-6-11)25-10-3-7-12(8-4-10)27(23,24)14(18,19)20/h1-8H. The molecule has 0 amide bonds.